The van der Waals surface area contributed by atoms with E-state index in [0.29, 0.717) is 10.5 Å². The highest BCUT2D eigenvalue weighted by Crippen LogP contribution is 2.16. The molecule has 3 rings (SSSR count). The number of urea groups is 1. The average molecular weight is 383 g/mol. The number of carbonyl (C=O) groups is 4. The highest BCUT2D eigenvalue weighted by atomic mass is 19.1. The molecule has 1 saturated heterocycles. The Kier molecular flexibility index (Phi) is 5.16. The van der Waals surface area contributed by atoms with Gasteiger partial charge in [-0.2, -0.15) is 0 Å². The molecule has 0 bridgehead atoms. The normalized spacial score (nSPS) is 14.9. The van der Waals surface area contributed by atoms with Gasteiger partial charge >= 0.3 is 12.0 Å². The number of rotatable bonds is 5. The molecule has 0 atom stereocenters. The van der Waals surface area contributed by atoms with Gasteiger partial charge < -0.3 is 15.7 Å². The summed E-state index contributed by atoms with van der Waals surface area (Å²) in [6, 6.07) is 10.4. The van der Waals surface area contributed by atoms with Crippen molar-refractivity contribution in [3.63, 3.8) is 0 Å². The smallest absolute Gasteiger partial charge is 0.335 e. The third kappa shape index (κ3) is 4.04. The Morgan fingerprint density at radius 3 is 2.43 bits per heavy atom. The van der Waals surface area contributed by atoms with E-state index in [4.69, 9.17) is 5.11 Å². The van der Waals surface area contributed by atoms with Gasteiger partial charge in [0.1, 0.15) is 18.1 Å². The lowest BCUT2D eigenvalue weighted by Gasteiger charge is -2.12. The molecule has 1 heterocycles. The van der Waals surface area contributed by atoms with Crippen molar-refractivity contribution < 1.29 is 28.7 Å². The molecule has 0 saturated carbocycles. The molecule has 28 heavy (non-hydrogen) atoms. The maximum atomic E-state index is 13.6. The first-order valence-corrected chi connectivity index (χ1v) is 8.07. The first kappa shape index (κ1) is 18.8. The summed E-state index contributed by atoms with van der Waals surface area (Å²) in [5, 5.41) is 13.5. The molecule has 0 unspecified atom stereocenters. The van der Waals surface area contributed by atoms with Crippen molar-refractivity contribution in [2.75, 3.05) is 11.9 Å². The summed E-state index contributed by atoms with van der Waals surface area (Å²) < 4.78 is 13.6. The molecule has 142 valence electrons. The summed E-state index contributed by atoms with van der Waals surface area (Å²) in [5.74, 6) is -3.19. The second-order valence-electron chi connectivity index (χ2n) is 5.83. The first-order chi connectivity index (χ1) is 13.3. The number of halogens is 1. The number of benzene rings is 2. The van der Waals surface area contributed by atoms with Crippen molar-refractivity contribution >= 4 is 35.6 Å². The van der Waals surface area contributed by atoms with Gasteiger partial charge in [0.05, 0.1) is 11.3 Å². The summed E-state index contributed by atoms with van der Waals surface area (Å²) in [7, 11) is 0. The molecule has 1 aliphatic heterocycles. The zero-order valence-corrected chi connectivity index (χ0v) is 14.3. The quantitative estimate of drug-likeness (QED) is 0.540. The van der Waals surface area contributed by atoms with E-state index < -0.39 is 36.2 Å². The van der Waals surface area contributed by atoms with Gasteiger partial charge in [0.2, 0.25) is 5.91 Å². The largest absolute Gasteiger partial charge is 0.478 e. The Labute approximate surface area is 158 Å². The molecular formula is C19H14FN3O5. The first-order valence-electron chi connectivity index (χ1n) is 8.07. The Morgan fingerprint density at radius 2 is 1.79 bits per heavy atom. The van der Waals surface area contributed by atoms with E-state index in [1.54, 1.807) is 0 Å². The lowest BCUT2D eigenvalue weighted by molar-refractivity contribution is -0.127. The Balaban J connectivity index is 1.70. The van der Waals surface area contributed by atoms with Crippen LogP contribution in [0.3, 0.4) is 0 Å². The van der Waals surface area contributed by atoms with Gasteiger partial charge in [0.15, 0.2) is 0 Å². The summed E-state index contributed by atoms with van der Waals surface area (Å²) in [5.41, 5.74) is 0.447. The van der Waals surface area contributed by atoms with Gasteiger partial charge in [0, 0.05) is 0 Å². The minimum absolute atomic E-state index is 0.0613. The van der Waals surface area contributed by atoms with Gasteiger partial charge in [-0.05, 0) is 35.9 Å². The lowest BCUT2D eigenvalue weighted by atomic mass is 10.1. The number of hydrogen-bond donors (Lipinski definition) is 3. The maximum Gasteiger partial charge on any atom is 0.335 e. The van der Waals surface area contributed by atoms with Crippen LogP contribution in [0.5, 0.6) is 0 Å². The Bertz CT molecular complexity index is 1000. The fourth-order valence-electron chi connectivity index (χ4n) is 2.50. The summed E-state index contributed by atoms with van der Waals surface area (Å²) in [4.78, 5) is 48.0. The van der Waals surface area contributed by atoms with Crippen LogP contribution < -0.4 is 10.6 Å². The number of anilines is 1. The van der Waals surface area contributed by atoms with E-state index in [1.165, 1.54) is 54.6 Å². The second kappa shape index (κ2) is 7.70. The van der Waals surface area contributed by atoms with Gasteiger partial charge in [-0.3, -0.25) is 9.59 Å². The van der Waals surface area contributed by atoms with Crippen molar-refractivity contribution in [3.8, 4) is 0 Å². The number of para-hydroxylation sites is 1. The molecule has 0 radical (unpaired) electrons. The van der Waals surface area contributed by atoms with Gasteiger partial charge in [0.25, 0.3) is 5.91 Å². The number of carboxylic acid groups (broad SMARTS) is 1. The van der Waals surface area contributed by atoms with Crippen LogP contribution in [0, 0.1) is 5.82 Å². The molecule has 2 aromatic carbocycles. The number of nitrogens with zero attached hydrogens (tertiary/aromatic N) is 1. The minimum Gasteiger partial charge on any atom is -0.478 e. The van der Waals surface area contributed by atoms with Crippen LogP contribution in [0.1, 0.15) is 15.9 Å². The lowest BCUT2D eigenvalue weighted by Crippen LogP contribution is -2.38. The number of carboxylic acids is 1. The van der Waals surface area contributed by atoms with E-state index >= 15 is 0 Å². The van der Waals surface area contributed by atoms with E-state index in [0.717, 1.165) is 0 Å². The van der Waals surface area contributed by atoms with Gasteiger partial charge in [-0.25, -0.2) is 18.9 Å². The summed E-state index contributed by atoms with van der Waals surface area (Å²) in [6.45, 7) is -0.589. The van der Waals surface area contributed by atoms with E-state index in [-0.39, 0.29) is 16.9 Å². The number of hydrogen-bond acceptors (Lipinski definition) is 4. The van der Waals surface area contributed by atoms with E-state index in [2.05, 4.69) is 10.6 Å². The molecule has 8 nitrogen and oxygen atoms in total. The standard InChI is InChI=1S/C19H14FN3O5/c20-13-3-1-2-4-14(13)21-16(24)10-23-17(25)15(22-19(23)28)9-11-5-7-12(8-6-11)18(26)27/h1-9H,10H2,(H,21,24)(H,22,28)(H,26,27)/b15-9+. The zero-order valence-electron chi connectivity index (χ0n) is 14.3. The van der Waals surface area contributed by atoms with Crippen LogP contribution in [0.25, 0.3) is 6.08 Å². The van der Waals surface area contributed by atoms with Crippen LogP contribution in [0.4, 0.5) is 14.9 Å². The fraction of sp³-hybridized carbons (Fsp3) is 0.0526. The van der Waals surface area contributed by atoms with Crippen LogP contribution in [0.2, 0.25) is 0 Å². The maximum absolute atomic E-state index is 13.6. The third-order valence-electron chi connectivity index (χ3n) is 3.88. The zero-order chi connectivity index (χ0) is 20.3. The van der Waals surface area contributed by atoms with Gasteiger partial charge in [-0.1, -0.05) is 24.3 Å². The molecule has 0 spiro atoms. The molecular weight excluding hydrogens is 369 g/mol. The highest BCUT2D eigenvalue weighted by molar-refractivity contribution is 6.16. The monoisotopic (exact) mass is 383 g/mol. The molecule has 9 heteroatoms. The second-order valence-corrected chi connectivity index (χ2v) is 5.83. The molecule has 0 aliphatic carbocycles. The average Bonchev–Trinajstić information content (AvgIpc) is 2.91. The SMILES string of the molecule is O=C(CN1C(=O)N/C(=C/c2ccc(C(=O)O)cc2)C1=O)Nc1ccccc1F. The van der Waals surface area contributed by atoms with Gasteiger partial charge in [-0.15, -0.1) is 0 Å². The molecule has 2 aromatic rings. The summed E-state index contributed by atoms with van der Waals surface area (Å²) in [6.07, 6.45) is 1.36. The predicted molar refractivity (Wildman–Crippen MR) is 96.7 cm³/mol. The van der Waals surface area contributed by atoms with Crippen LogP contribution >= 0.6 is 0 Å². The highest BCUT2D eigenvalue weighted by Gasteiger charge is 2.35. The van der Waals surface area contributed by atoms with Crippen molar-refractivity contribution in [1.82, 2.24) is 10.2 Å². The van der Waals surface area contributed by atoms with Crippen molar-refractivity contribution in [3.05, 3.63) is 71.2 Å². The number of nitrogens with one attached hydrogen (secondary N) is 2. The predicted octanol–water partition coefficient (Wildman–Crippen LogP) is 2.06. The number of imide groups is 1. The molecule has 1 fully saturated rings. The number of amides is 4. The third-order valence-corrected chi connectivity index (χ3v) is 3.88. The van der Waals surface area contributed by atoms with Crippen LogP contribution in [-0.4, -0.2) is 40.4 Å². The molecule has 3 N–H and O–H groups in total. The van der Waals surface area contributed by atoms with Crippen molar-refractivity contribution in [2.45, 2.75) is 0 Å². The van der Waals surface area contributed by atoms with Crippen molar-refractivity contribution in [1.29, 1.82) is 0 Å². The number of aromatic carboxylic acids is 1. The molecule has 1 aliphatic rings. The Hall–Kier alpha value is -4.01. The fourth-order valence-corrected chi connectivity index (χ4v) is 2.50. The molecule has 0 aromatic heterocycles. The summed E-state index contributed by atoms with van der Waals surface area (Å²) >= 11 is 0. The number of carbonyl (C=O) groups excluding carboxylic acids is 3. The Morgan fingerprint density at radius 1 is 1.11 bits per heavy atom. The van der Waals surface area contributed by atoms with E-state index in [9.17, 15) is 23.6 Å². The van der Waals surface area contributed by atoms with Crippen LogP contribution in [-0.2, 0) is 9.59 Å². The van der Waals surface area contributed by atoms with E-state index in [1.807, 2.05) is 0 Å². The van der Waals surface area contributed by atoms with Crippen molar-refractivity contribution in [2.24, 2.45) is 0 Å². The minimum atomic E-state index is -1.09. The molecule has 4 amide bonds. The van der Waals surface area contributed by atoms with Crippen LogP contribution in [0.15, 0.2) is 54.2 Å². The topological polar surface area (TPSA) is 116 Å².